The number of amides is 1. The zero-order valence-corrected chi connectivity index (χ0v) is 13.3. The molecule has 0 aromatic rings. The Labute approximate surface area is 125 Å². The van der Waals surface area contributed by atoms with Gasteiger partial charge in [0.25, 0.3) is 0 Å². The summed E-state index contributed by atoms with van der Waals surface area (Å²) >= 11 is 0. The third kappa shape index (κ3) is 3.22. The van der Waals surface area contributed by atoms with E-state index in [9.17, 15) is 23.1 Å². The predicted molar refractivity (Wildman–Crippen MR) is 77.5 cm³/mol. The van der Waals surface area contributed by atoms with Gasteiger partial charge in [-0.1, -0.05) is 12.8 Å². The van der Waals surface area contributed by atoms with E-state index in [1.807, 2.05) is 0 Å². The number of carboxylic acid groups (broad SMARTS) is 1. The van der Waals surface area contributed by atoms with Crippen LogP contribution in [0.3, 0.4) is 0 Å². The zero-order chi connectivity index (χ0) is 15.8. The van der Waals surface area contributed by atoms with Crippen molar-refractivity contribution in [1.29, 1.82) is 0 Å². The number of carboxylic acids is 1. The van der Waals surface area contributed by atoms with Gasteiger partial charge >= 0.3 is 5.97 Å². The van der Waals surface area contributed by atoms with Crippen molar-refractivity contribution in [2.24, 2.45) is 11.8 Å². The number of rotatable bonds is 3. The predicted octanol–water partition coefficient (Wildman–Crippen LogP) is 0.911. The molecule has 120 valence electrons. The molecule has 1 heterocycles. The first-order valence-corrected chi connectivity index (χ1v) is 9.41. The minimum absolute atomic E-state index is 0.0410. The summed E-state index contributed by atoms with van der Waals surface area (Å²) in [6, 6.07) is -0.120. The average Bonchev–Trinajstić information content (AvgIpc) is 2.43. The van der Waals surface area contributed by atoms with Crippen molar-refractivity contribution in [2.45, 2.75) is 50.3 Å². The van der Waals surface area contributed by atoms with Crippen LogP contribution in [-0.4, -0.2) is 54.4 Å². The second kappa shape index (κ2) is 5.94. The van der Waals surface area contributed by atoms with Crippen LogP contribution in [0.15, 0.2) is 0 Å². The first kappa shape index (κ1) is 16.3. The highest BCUT2D eigenvalue weighted by Gasteiger charge is 2.45. The van der Waals surface area contributed by atoms with Crippen LogP contribution in [0.4, 0.5) is 0 Å². The number of sulfone groups is 1. The number of nitrogens with zero attached hydrogens (tertiary/aromatic N) is 1. The Morgan fingerprint density at radius 2 is 1.81 bits per heavy atom. The molecule has 0 spiro atoms. The molecule has 1 amide bonds. The highest BCUT2D eigenvalue weighted by Crippen LogP contribution is 2.39. The lowest BCUT2D eigenvalue weighted by atomic mass is 9.72. The first-order chi connectivity index (χ1) is 9.73. The van der Waals surface area contributed by atoms with Crippen LogP contribution in [0.1, 0.15) is 39.0 Å². The van der Waals surface area contributed by atoms with Crippen LogP contribution < -0.4 is 0 Å². The van der Waals surface area contributed by atoms with Crippen LogP contribution in [-0.2, 0) is 19.4 Å². The summed E-state index contributed by atoms with van der Waals surface area (Å²) in [5.41, 5.74) is 0. The number of carbonyl (C=O) groups is 2. The van der Waals surface area contributed by atoms with E-state index in [-0.39, 0.29) is 17.9 Å². The van der Waals surface area contributed by atoms with E-state index in [2.05, 4.69) is 0 Å². The molecule has 21 heavy (non-hydrogen) atoms. The lowest BCUT2D eigenvalue weighted by Crippen LogP contribution is -2.57. The molecule has 6 nitrogen and oxygen atoms in total. The number of carbonyl (C=O) groups excluding carboxylic acids is 1. The second-order valence-corrected chi connectivity index (χ2v) is 8.62. The molecule has 7 heteroatoms. The first-order valence-electron chi connectivity index (χ1n) is 7.45. The Hall–Kier alpha value is -1.11. The van der Waals surface area contributed by atoms with Crippen molar-refractivity contribution in [3.05, 3.63) is 0 Å². The fourth-order valence-corrected chi connectivity index (χ4v) is 4.15. The second-order valence-electron chi connectivity index (χ2n) is 6.25. The Morgan fingerprint density at radius 1 is 1.19 bits per heavy atom. The Balaban J connectivity index is 2.22. The summed E-state index contributed by atoms with van der Waals surface area (Å²) in [5.74, 6) is -1.62. The van der Waals surface area contributed by atoms with Gasteiger partial charge in [0, 0.05) is 18.8 Å². The standard InChI is InChI=1S/C14H23NO5S/c1-9(21(2,19)20)13(16)15-8-7-11(14(17)18)10-5-3-4-6-12(10)15/h9-12H,3-8H2,1-2H3,(H,17,18). The van der Waals surface area contributed by atoms with Gasteiger partial charge in [-0.25, -0.2) is 8.42 Å². The van der Waals surface area contributed by atoms with Crippen molar-refractivity contribution in [1.82, 2.24) is 4.90 Å². The Morgan fingerprint density at radius 3 is 2.38 bits per heavy atom. The van der Waals surface area contributed by atoms with E-state index < -0.39 is 27.0 Å². The highest BCUT2D eigenvalue weighted by molar-refractivity contribution is 7.92. The van der Waals surface area contributed by atoms with Gasteiger partial charge < -0.3 is 10.0 Å². The van der Waals surface area contributed by atoms with Crippen molar-refractivity contribution in [2.75, 3.05) is 12.8 Å². The van der Waals surface area contributed by atoms with E-state index in [1.165, 1.54) is 6.92 Å². The molecule has 1 aliphatic heterocycles. The zero-order valence-electron chi connectivity index (χ0n) is 12.5. The Bertz CT molecular complexity index is 529. The van der Waals surface area contributed by atoms with Crippen molar-refractivity contribution in [3.8, 4) is 0 Å². The van der Waals surface area contributed by atoms with E-state index >= 15 is 0 Å². The molecule has 0 aromatic heterocycles. The van der Waals surface area contributed by atoms with Gasteiger partial charge in [0.1, 0.15) is 5.25 Å². The van der Waals surface area contributed by atoms with Crippen LogP contribution in [0.25, 0.3) is 0 Å². The maximum atomic E-state index is 12.5. The highest BCUT2D eigenvalue weighted by atomic mass is 32.2. The molecule has 2 rings (SSSR count). The fourth-order valence-electron chi connectivity index (χ4n) is 3.65. The number of hydrogen-bond donors (Lipinski definition) is 1. The molecular formula is C14H23NO5S. The molecule has 0 bridgehead atoms. The van der Waals surface area contributed by atoms with Gasteiger partial charge in [-0.05, 0) is 32.1 Å². The number of fused-ring (bicyclic) bond motifs is 1. The topological polar surface area (TPSA) is 91.8 Å². The van der Waals surface area contributed by atoms with Gasteiger partial charge in [-0.3, -0.25) is 9.59 Å². The van der Waals surface area contributed by atoms with E-state index in [4.69, 9.17) is 0 Å². The summed E-state index contributed by atoms with van der Waals surface area (Å²) in [6.45, 7) is 1.76. The number of likely N-dealkylation sites (tertiary alicyclic amines) is 1. The van der Waals surface area contributed by atoms with Crippen LogP contribution in [0.2, 0.25) is 0 Å². The molecule has 2 fully saturated rings. The maximum Gasteiger partial charge on any atom is 0.306 e. The van der Waals surface area contributed by atoms with Crippen LogP contribution >= 0.6 is 0 Å². The minimum Gasteiger partial charge on any atom is -0.481 e. The van der Waals surface area contributed by atoms with Gasteiger partial charge in [-0.15, -0.1) is 0 Å². The lowest BCUT2D eigenvalue weighted by molar-refractivity contribution is -0.153. The third-order valence-electron chi connectivity index (χ3n) is 4.97. The monoisotopic (exact) mass is 317 g/mol. The van der Waals surface area contributed by atoms with E-state index in [0.29, 0.717) is 13.0 Å². The third-order valence-corrected chi connectivity index (χ3v) is 6.46. The molecule has 1 saturated heterocycles. The largest absolute Gasteiger partial charge is 0.481 e. The van der Waals surface area contributed by atoms with Crippen LogP contribution in [0, 0.1) is 11.8 Å². The van der Waals surface area contributed by atoms with Gasteiger partial charge in [0.15, 0.2) is 9.84 Å². The smallest absolute Gasteiger partial charge is 0.306 e. The van der Waals surface area contributed by atoms with Gasteiger partial charge in [0.2, 0.25) is 5.91 Å². The minimum atomic E-state index is -3.43. The Kier molecular flexibility index (Phi) is 4.60. The number of aliphatic carboxylic acids is 1. The summed E-state index contributed by atoms with van der Waals surface area (Å²) < 4.78 is 23.2. The summed E-state index contributed by atoms with van der Waals surface area (Å²) in [4.78, 5) is 25.5. The van der Waals surface area contributed by atoms with Crippen molar-refractivity contribution in [3.63, 3.8) is 0 Å². The fraction of sp³-hybridized carbons (Fsp3) is 0.857. The van der Waals surface area contributed by atoms with Crippen LogP contribution in [0.5, 0.6) is 0 Å². The molecule has 0 radical (unpaired) electrons. The maximum absolute atomic E-state index is 12.5. The molecule has 2 aliphatic rings. The molecule has 4 unspecified atom stereocenters. The van der Waals surface area contributed by atoms with Gasteiger partial charge in [0.05, 0.1) is 5.92 Å². The van der Waals surface area contributed by atoms with Gasteiger partial charge in [-0.2, -0.15) is 0 Å². The average molecular weight is 317 g/mol. The summed E-state index contributed by atoms with van der Waals surface area (Å²) in [7, 11) is -3.43. The number of hydrogen-bond acceptors (Lipinski definition) is 4. The van der Waals surface area contributed by atoms with E-state index in [1.54, 1.807) is 4.90 Å². The molecule has 1 N–H and O–H groups in total. The quantitative estimate of drug-likeness (QED) is 0.835. The SMILES string of the molecule is CC(C(=O)N1CCC(C(=O)O)C2CCCCC21)S(C)(=O)=O. The molecular weight excluding hydrogens is 294 g/mol. The molecule has 0 aromatic carbocycles. The normalized spacial score (nSPS) is 31.3. The summed E-state index contributed by atoms with van der Waals surface area (Å²) in [5, 5.41) is 8.29. The molecule has 1 aliphatic carbocycles. The molecule has 4 atom stereocenters. The van der Waals surface area contributed by atoms with E-state index in [0.717, 1.165) is 31.9 Å². The summed E-state index contributed by atoms with van der Waals surface area (Å²) in [6.07, 6.45) is 5.01. The lowest BCUT2D eigenvalue weighted by Gasteiger charge is -2.47. The van der Waals surface area contributed by atoms with Crippen molar-refractivity contribution < 1.29 is 23.1 Å². The number of piperidine rings is 1. The molecule has 1 saturated carbocycles. The van der Waals surface area contributed by atoms with Crippen molar-refractivity contribution >= 4 is 21.7 Å².